The highest BCUT2D eigenvalue weighted by Gasteiger charge is 2.15. The summed E-state index contributed by atoms with van der Waals surface area (Å²) in [5.41, 5.74) is 0.302. The molecule has 0 aliphatic carbocycles. The second kappa shape index (κ2) is 9.95. The largest absolute Gasteiger partial charge is 0.495 e. The Morgan fingerprint density at radius 2 is 1.82 bits per heavy atom. The minimum atomic E-state index is -0.739. The van der Waals surface area contributed by atoms with E-state index < -0.39 is 18.5 Å². The Labute approximate surface area is 170 Å². The Morgan fingerprint density at radius 3 is 2.43 bits per heavy atom. The molecule has 8 nitrogen and oxygen atoms in total. The van der Waals surface area contributed by atoms with Crippen LogP contribution in [0.2, 0.25) is 5.02 Å². The van der Waals surface area contributed by atoms with Gasteiger partial charge < -0.3 is 24.8 Å². The lowest BCUT2D eigenvalue weighted by Gasteiger charge is -2.13. The number of rotatable bonds is 8. The van der Waals surface area contributed by atoms with Crippen LogP contribution in [-0.4, -0.2) is 45.2 Å². The molecule has 1 aromatic heterocycles. The third kappa shape index (κ3) is 5.86. The number of methoxy groups -OCH3 is 2. The number of amides is 2. The van der Waals surface area contributed by atoms with Crippen LogP contribution in [-0.2, 0) is 14.3 Å². The third-order valence-corrected chi connectivity index (χ3v) is 4.76. The van der Waals surface area contributed by atoms with Crippen molar-refractivity contribution in [2.24, 2.45) is 0 Å². The van der Waals surface area contributed by atoms with E-state index in [0.29, 0.717) is 22.1 Å². The van der Waals surface area contributed by atoms with Gasteiger partial charge in [-0.1, -0.05) is 11.6 Å². The Balaban J connectivity index is 1.83. The standard InChI is InChI=1S/C18H19ClN2O6S/c1-10-4-5-15(28-10)18(24)20-8-17(23)27-9-16(22)21-12-6-11(19)13(25-2)7-14(12)26-3/h4-7H,8-9H2,1-3H3,(H,20,24)(H,21,22). The Bertz CT molecular complexity index is 883. The molecule has 0 fully saturated rings. The molecule has 0 aliphatic rings. The fourth-order valence-corrected chi connectivity index (χ4v) is 3.16. The molecule has 0 radical (unpaired) electrons. The number of benzene rings is 1. The number of esters is 1. The summed E-state index contributed by atoms with van der Waals surface area (Å²) in [5, 5.41) is 5.25. The fraction of sp³-hybridized carbons (Fsp3) is 0.278. The third-order valence-electron chi connectivity index (χ3n) is 3.47. The van der Waals surface area contributed by atoms with Gasteiger partial charge in [0.05, 0.1) is 29.8 Å². The van der Waals surface area contributed by atoms with Gasteiger partial charge in [0.1, 0.15) is 18.0 Å². The van der Waals surface area contributed by atoms with Crippen molar-refractivity contribution < 1.29 is 28.6 Å². The Kier molecular flexibility index (Phi) is 7.65. The monoisotopic (exact) mass is 426 g/mol. The van der Waals surface area contributed by atoms with Crippen LogP contribution < -0.4 is 20.1 Å². The number of nitrogens with one attached hydrogen (secondary N) is 2. The van der Waals surface area contributed by atoms with Crippen LogP contribution in [0.15, 0.2) is 24.3 Å². The highest BCUT2D eigenvalue weighted by Crippen LogP contribution is 2.35. The van der Waals surface area contributed by atoms with Crippen molar-refractivity contribution >= 4 is 46.4 Å². The van der Waals surface area contributed by atoms with Gasteiger partial charge in [0.2, 0.25) is 0 Å². The number of aryl methyl sites for hydroxylation is 1. The van der Waals surface area contributed by atoms with Gasteiger partial charge in [-0.05, 0) is 25.1 Å². The van der Waals surface area contributed by atoms with Gasteiger partial charge in [0, 0.05) is 10.9 Å². The first-order valence-corrected chi connectivity index (χ1v) is 9.25. The number of hydrogen-bond acceptors (Lipinski definition) is 7. The van der Waals surface area contributed by atoms with Crippen molar-refractivity contribution in [1.29, 1.82) is 0 Å². The molecule has 2 amide bonds. The van der Waals surface area contributed by atoms with E-state index in [1.807, 2.05) is 13.0 Å². The molecule has 28 heavy (non-hydrogen) atoms. The molecule has 0 saturated carbocycles. The van der Waals surface area contributed by atoms with E-state index in [2.05, 4.69) is 10.6 Å². The van der Waals surface area contributed by atoms with Crippen LogP contribution in [0.4, 0.5) is 5.69 Å². The number of halogens is 1. The normalized spacial score (nSPS) is 10.1. The van der Waals surface area contributed by atoms with Gasteiger partial charge in [-0.2, -0.15) is 0 Å². The summed E-state index contributed by atoms with van der Waals surface area (Å²) < 4.78 is 15.1. The van der Waals surface area contributed by atoms with Crippen LogP contribution in [0.3, 0.4) is 0 Å². The maximum absolute atomic E-state index is 12.0. The Morgan fingerprint density at radius 1 is 1.11 bits per heavy atom. The molecule has 0 spiro atoms. The quantitative estimate of drug-likeness (QED) is 0.629. The van der Waals surface area contributed by atoms with Gasteiger partial charge in [0.25, 0.3) is 11.8 Å². The first-order chi connectivity index (χ1) is 13.3. The van der Waals surface area contributed by atoms with Crippen molar-refractivity contribution in [3.63, 3.8) is 0 Å². The van der Waals surface area contributed by atoms with Crippen LogP contribution in [0.1, 0.15) is 14.5 Å². The summed E-state index contributed by atoms with van der Waals surface area (Å²) in [5.74, 6) is -0.985. The minimum Gasteiger partial charge on any atom is -0.495 e. The zero-order chi connectivity index (χ0) is 20.7. The summed E-state index contributed by atoms with van der Waals surface area (Å²) in [6.45, 7) is 1.000. The van der Waals surface area contributed by atoms with E-state index in [1.165, 1.54) is 37.7 Å². The molecule has 0 unspecified atom stereocenters. The zero-order valence-corrected chi connectivity index (χ0v) is 17.0. The molecule has 2 aromatic rings. The SMILES string of the molecule is COc1cc(OC)c(NC(=O)COC(=O)CNC(=O)c2ccc(C)s2)cc1Cl. The van der Waals surface area contributed by atoms with Gasteiger partial charge in [-0.15, -0.1) is 11.3 Å². The first-order valence-electron chi connectivity index (χ1n) is 8.05. The molecule has 1 heterocycles. The summed E-state index contributed by atoms with van der Waals surface area (Å²) >= 11 is 7.35. The van der Waals surface area contributed by atoms with Crippen molar-refractivity contribution in [3.05, 3.63) is 39.0 Å². The van der Waals surface area contributed by atoms with Crippen LogP contribution in [0.5, 0.6) is 11.5 Å². The van der Waals surface area contributed by atoms with Crippen molar-refractivity contribution in [2.75, 3.05) is 32.7 Å². The van der Waals surface area contributed by atoms with Crippen LogP contribution >= 0.6 is 22.9 Å². The maximum Gasteiger partial charge on any atom is 0.325 e. The molecule has 150 valence electrons. The Hall–Kier alpha value is -2.78. The molecule has 0 saturated heterocycles. The number of carbonyl (C=O) groups excluding carboxylic acids is 3. The predicted molar refractivity (Wildman–Crippen MR) is 106 cm³/mol. The lowest BCUT2D eigenvalue weighted by atomic mass is 10.2. The molecule has 0 aliphatic heterocycles. The number of hydrogen-bond donors (Lipinski definition) is 2. The topological polar surface area (TPSA) is 103 Å². The number of thiophene rings is 1. The summed E-state index contributed by atoms with van der Waals surface area (Å²) in [7, 11) is 2.88. The molecule has 1 aromatic carbocycles. The number of anilines is 1. The second-order valence-electron chi connectivity index (χ2n) is 5.49. The van der Waals surface area contributed by atoms with Gasteiger partial charge in [0.15, 0.2) is 6.61 Å². The molecule has 10 heteroatoms. The van der Waals surface area contributed by atoms with E-state index in [0.717, 1.165) is 4.88 Å². The molecular weight excluding hydrogens is 408 g/mol. The van der Waals surface area contributed by atoms with Crippen molar-refractivity contribution in [3.8, 4) is 11.5 Å². The van der Waals surface area contributed by atoms with Crippen molar-refractivity contribution in [2.45, 2.75) is 6.92 Å². The predicted octanol–water partition coefficient (Wildman–Crippen LogP) is 2.64. The van der Waals surface area contributed by atoms with E-state index in [1.54, 1.807) is 6.07 Å². The molecule has 2 N–H and O–H groups in total. The summed E-state index contributed by atoms with van der Waals surface area (Å²) in [6.07, 6.45) is 0. The van der Waals surface area contributed by atoms with Crippen LogP contribution in [0.25, 0.3) is 0 Å². The average Bonchev–Trinajstić information content (AvgIpc) is 3.11. The number of ether oxygens (including phenoxy) is 3. The lowest BCUT2D eigenvalue weighted by Crippen LogP contribution is -2.31. The second-order valence-corrected chi connectivity index (χ2v) is 7.18. The smallest absolute Gasteiger partial charge is 0.325 e. The van der Waals surface area contributed by atoms with Gasteiger partial charge in [-0.25, -0.2) is 0 Å². The minimum absolute atomic E-state index is 0.280. The van der Waals surface area contributed by atoms with E-state index in [9.17, 15) is 14.4 Å². The number of carbonyl (C=O) groups is 3. The molecule has 0 atom stereocenters. The first kappa shape index (κ1) is 21.5. The molecule has 2 rings (SSSR count). The van der Waals surface area contributed by atoms with Crippen molar-refractivity contribution in [1.82, 2.24) is 5.32 Å². The highest BCUT2D eigenvalue weighted by molar-refractivity contribution is 7.13. The van der Waals surface area contributed by atoms with Gasteiger partial charge >= 0.3 is 5.97 Å². The van der Waals surface area contributed by atoms with Gasteiger partial charge in [-0.3, -0.25) is 14.4 Å². The van der Waals surface area contributed by atoms with E-state index in [-0.39, 0.29) is 17.5 Å². The van der Waals surface area contributed by atoms with E-state index in [4.69, 9.17) is 25.8 Å². The molecule has 0 bridgehead atoms. The maximum atomic E-state index is 12.0. The summed E-state index contributed by atoms with van der Waals surface area (Å²) in [4.78, 5) is 37.1. The fourth-order valence-electron chi connectivity index (χ4n) is 2.14. The van der Waals surface area contributed by atoms with E-state index >= 15 is 0 Å². The molecular formula is C18H19ClN2O6S. The average molecular weight is 427 g/mol. The lowest BCUT2D eigenvalue weighted by molar-refractivity contribution is -0.146. The zero-order valence-electron chi connectivity index (χ0n) is 15.5. The van der Waals surface area contributed by atoms with Crippen LogP contribution in [0, 0.1) is 6.92 Å². The summed E-state index contributed by atoms with van der Waals surface area (Å²) in [6, 6.07) is 6.46. The highest BCUT2D eigenvalue weighted by atomic mass is 35.5.